The third-order valence-corrected chi connectivity index (χ3v) is 8.04. The Morgan fingerprint density at radius 2 is 1.93 bits per heavy atom. The van der Waals surface area contributed by atoms with E-state index >= 15 is 0 Å². The van der Waals surface area contributed by atoms with E-state index in [2.05, 4.69) is 28.7 Å². The third kappa shape index (κ3) is 3.03. The number of hydrogen-bond donors (Lipinski definition) is 0. The number of hydrogen-bond acceptors (Lipinski definition) is 4. The van der Waals surface area contributed by atoms with E-state index in [0.29, 0.717) is 6.54 Å². The first-order chi connectivity index (χ1) is 13.4. The topological polar surface area (TPSA) is 47.1 Å². The van der Waals surface area contributed by atoms with E-state index in [-0.39, 0.29) is 22.8 Å². The molecule has 3 aliphatic rings. The Morgan fingerprint density at radius 3 is 2.50 bits per heavy atom. The third-order valence-electron chi connectivity index (χ3n) is 7.31. The lowest BCUT2D eigenvalue weighted by Gasteiger charge is -2.46. The summed E-state index contributed by atoms with van der Waals surface area (Å²) in [7, 11) is 3.61. The van der Waals surface area contributed by atoms with Gasteiger partial charge in [0.25, 0.3) is 0 Å². The molecule has 0 radical (unpaired) electrons. The number of carbonyl (C=O) groups is 2. The Labute approximate surface area is 172 Å². The number of amides is 3. The first-order valence-electron chi connectivity index (χ1n) is 10.4. The zero-order valence-corrected chi connectivity index (χ0v) is 18.1. The maximum atomic E-state index is 13.5. The van der Waals surface area contributed by atoms with Crippen LogP contribution in [0.4, 0.5) is 4.79 Å². The van der Waals surface area contributed by atoms with E-state index in [1.54, 1.807) is 30.3 Å². The van der Waals surface area contributed by atoms with Gasteiger partial charge in [-0.1, -0.05) is 0 Å². The predicted molar refractivity (Wildman–Crippen MR) is 111 cm³/mol. The number of thiophene rings is 1. The molecule has 7 heteroatoms. The zero-order chi connectivity index (χ0) is 19.9. The van der Waals surface area contributed by atoms with Crippen molar-refractivity contribution in [2.24, 2.45) is 10.8 Å². The van der Waals surface area contributed by atoms with Crippen LogP contribution in [0.2, 0.25) is 0 Å². The van der Waals surface area contributed by atoms with Crippen molar-refractivity contribution in [3.05, 3.63) is 22.4 Å². The van der Waals surface area contributed by atoms with E-state index in [0.717, 1.165) is 58.5 Å². The van der Waals surface area contributed by atoms with Crippen molar-refractivity contribution < 1.29 is 9.59 Å². The van der Waals surface area contributed by atoms with Crippen molar-refractivity contribution in [3.8, 4) is 0 Å². The highest BCUT2D eigenvalue weighted by atomic mass is 32.1. The highest BCUT2D eigenvalue weighted by molar-refractivity contribution is 7.07. The van der Waals surface area contributed by atoms with Gasteiger partial charge in [0.15, 0.2) is 0 Å². The summed E-state index contributed by atoms with van der Waals surface area (Å²) >= 11 is 1.75. The second-order valence-corrected chi connectivity index (χ2v) is 9.72. The molecule has 1 aromatic rings. The quantitative estimate of drug-likeness (QED) is 0.778. The van der Waals surface area contributed by atoms with Crippen LogP contribution in [-0.4, -0.2) is 84.9 Å². The second-order valence-electron chi connectivity index (χ2n) is 8.94. The van der Waals surface area contributed by atoms with E-state index in [9.17, 15) is 9.59 Å². The average Bonchev–Trinajstić information content (AvgIpc) is 3.38. The van der Waals surface area contributed by atoms with Gasteiger partial charge in [0.2, 0.25) is 5.91 Å². The van der Waals surface area contributed by atoms with Crippen LogP contribution >= 0.6 is 11.3 Å². The number of urea groups is 1. The molecule has 0 aliphatic carbocycles. The Balaban J connectivity index is 1.56. The monoisotopic (exact) mass is 404 g/mol. The molecule has 0 N–H and O–H groups in total. The van der Waals surface area contributed by atoms with E-state index in [1.165, 1.54) is 5.56 Å². The molecule has 0 bridgehead atoms. The fourth-order valence-corrected chi connectivity index (χ4v) is 6.34. The summed E-state index contributed by atoms with van der Waals surface area (Å²) in [6, 6.07) is 2.24. The van der Waals surface area contributed by atoms with Gasteiger partial charge in [-0.05, 0) is 61.7 Å². The first-order valence-corrected chi connectivity index (χ1v) is 11.3. The summed E-state index contributed by atoms with van der Waals surface area (Å²) < 4.78 is 0. The van der Waals surface area contributed by atoms with Crippen LogP contribution in [-0.2, 0) is 11.3 Å². The standard InChI is InChI=1S/C21H32N4O2S/c1-4-24-11-8-21(18(24)26)16-25(19(27)22(2)3)15-20(21)6-9-23(10-7-20)13-17-5-12-28-14-17/h5,12,14H,4,6-11,13,15-16H2,1-3H3/t21-/m1/s1. The van der Waals surface area contributed by atoms with Gasteiger partial charge >= 0.3 is 6.03 Å². The first kappa shape index (κ1) is 19.7. The van der Waals surface area contributed by atoms with Gasteiger partial charge in [0.05, 0.1) is 5.41 Å². The van der Waals surface area contributed by atoms with Crippen LogP contribution in [0, 0.1) is 10.8 Å². The molecular weight excluding hydrogens is 372 g/mol. The fraction of sp³-hybridized carbons (Fsp3) is 0.714. The molecule has 1 aromatic heterocycles. The van der Waals surface area contributed by atoms with Crippen LogP contribution in [0.15, 0.2) is 16.8 Å². The normalized spacial score (nSPS) is 27.3. The molecule has 4 rings (SSSR count). The van der Waals surface area contributed by atoms with Crippen LogP contribution in [0.3, 0.4) is 0 Å². The van der Waals surface area contributed by atoms with E-state index in [1.807, 2.05) is 9.80 Å². The lowest BCUT2D eigenvalue weighted by atomic mass is 9.60. The number of nitrogens with zero attached hydrogens (tertiary/aromatic N) is 4. The summed E-state index contributed by atoms with van der Waals surface area (Å²) in [5.41, 5.74) is 0.911. The van der Waals surface area contributed by atoms with Gasteiger partial charge in [0, 0.05) is 52.2 Å². The van der Waals surface area contributed by atoms with Crippen molar-refractivity contribution in [2.45, 2.75) is 32.7 Å². The molecule has 4 heterocycles. The van der Waals surface area contributed by atoms with Gasteiger partial charge in [-0.15, -0.1) is 0 Å². The smallest absolute Gasteiger partial charge is 0.319 e. The average molecular weight is 405 g/mol. The van der Waals surface area contributed by atoms with E-state index in [4.69, 9.17) is 0 Å². The van der Waals surface area contributed by atoms with Crippen molar-refractivity contribution in [3.63, 3.8) is 0 Å². The van der Waals surface area contributed by atoms with Crippen molar-refractivity contribution >= 4 is 23.3 Å². The highest BCUT2D eigenvalue weighted by Crippen LogP contribution is 2.58. The largest absolute Gasteiger partial charge is 0.342 e. The molecule has 0 aromatic carbocycles. The molecule has 1 atom stereocenters. The SMILES string of the molecule is CCN1CC[C@@]2(CN(C(=O)N(C)C)CC23CCN(Cc2ccsc2)CC3)C1=O. The number of carbonyl (C=O) groups excluding carboxylic acids is 2. The lowest BCUT2D eigenvalue weighted by molar-refractivity contribution is -0.142. The van der Waals surface area contributed by atoms with Crippen LogP contribution < -0.4 is 0 Å². The number of fused-ring (bicyclic) bond motifs is 1. The Bertz CT molecular complexity index is 727. The molecule has 3 saturated heterocycles. The summed E-state index contributed by atoms with van der Waals surface area (Å²) in [5.74, 6) is 0.287. The molecule has 0 saturated carbocycles. The van der Waals surface area contributed by atoms with Gasteiger partial charge in [-0.3, -0.25) is 9.69 Å². The Kier molecular flexibility index (Phi) is 5.16. The molecule has 3 amide bonds. The number of likely N-dealkylation sites (tertiary alicyclic amines) is 3. The number of rotatable bonds is 3. The van der Waals surface area contributed by atoms with Crippen molar-refractivity contribution in [1.82, 2.24) is 19.6 Å². The van der Waals surface area contributed by atoms with E-state index < -0.39 is 0 Å². The molecule has 3 aliphatic heterocycles. The minimum atomic E-state index is -0.386. The molecule has 154 valence electrons. The molecule has 6 nitrogen and oxygen atoms in total. The highest BCUT2D eigenvalue weighted by Gasteiger charge is 2.65. The minimum Gasteiger partial charge on any atom is -0.342 e. The van der Waals surface area contributed by atoms with Crippen molar-refractivity contribution in [1.29, 1.82) is 0 Å². The van der Waals surface area contributed by atoms with Crippen molar-refractivity contribution in [2.75, 3.05) is 53.4 Å². The second kappa shape index (κ2) is 7.34. The van der Waals surface area contributed by atoms with Crippen LogP contribution in [0.1, 0.15) is 31.7 Å². The Hall–Kier alpha value is -1.60. The summed E-state index contributed by atoms with van der Waals surface area (Å²) in [5, 5.41) is 4.35. The summed E-state index contributed by atoms with van der Waals surface area (Å²) in [6.45, 7) is 7.96. The molecule has 0 unspecified atom stereocenters. The Morgan fingerprint density at radius 1 is 1.18 bits per heavy atom. The predicted octanol–water partition coefficient (Wildman–Crippen LogP) is 2.57. The summed E-state index contributed by atoms with van der Waals surface area (Å²) in [4.78, 5) is 34.3. The van der Waals surface area contributed by atoms with Crippen LogP contribution in [0.25, 0.3) is 0 Å². The minimum absolute atomic E-state index is 0.0414. The van der Waals surface area contributed by atoms with Gasteiger partial charge < -0.3 is 14.7 Å². The molecule has 3 fully saturated rings. The molecular formula is C21H32N4O2S. The van der Waals surface area contributed by atoms with Gasteiger partial charge in [0.1, 0.15) is 0 Å². The number of piperidine rings is 1. The fourth-order valence-electron chi connectivity index (χ4n) is 5.68. The van der Waals surface area contributed by atoms with Gasteiger partial charge in [-0.2, -0.15) is 11.3 Å². The maximum absolute atomic E-state index is 13.5. The molecule has 2 spiro atoms. The maximum Gasteiger partial charge on any atom is 0.319 e. The summed E-state index contributed by atoms with van der Waals surface area (Å²) in [6.07, 6.45) is 2.89. The zero-order valence-electron chi connectivity index (χ0n) is 17.3. The molecule has 28 heavy (non-hydrogen) atoms. The van der Waals surface area contributed by atoms with Crippen LogP contribution in [0.5, 0.6) is 0 Å². The van der Waals surface area contributed by atoms with Gasteiger partial charge in [-0.25, -0.2) is 4.79 Å². The lowest BCUT2D eigenvalue weighted by Crippen LogP contribution is -2.52.